The average Bonchev–Trinajstić information content (AvgIpc) is 3.17. The van der Waals surface area contributed by atoms with E-state index in [9.17, 15) is 30.7 Å². The molecule has 4 rings (SSSR count). The van der Waals surface area contributed by atoms with Gasteiger partial charge in [-0.25, -0.2) is 0 Å². The maximum atomic E-state index is 12.1. The summed E-state index contributed by atoms with van der Waals surface area (Å²) in [5, 5.41) is 9.04. The summed E-state index contributed by atoms with van der Waals surface area (Å²) in [5.41, 5.74) is 3.13. The van der Waals surface area contributed by atoms with Crippen molar-refractivity contribution in [1.29, 1.82) is 0 Å². The Bertz CT molecular complexity index is 1850. The highest BCUT2D eigenvalue weighted by Gasteiger charge is 2.48. The van der Waals surface area contributed by atoms with Gasteiger partial charge in [-0.2, -0.15) is 21.4 Å². The predicted octanol–water partition coefficient (Wildman–Crippen LogP) is 6.56. The summed E-state index contributed by atoms with van der Waals surface area (Å²) in [6.07, 6.45) is 9.75. The van der Waals surface area contributed by atoms with E-state index in [1.807, 2.05) is 60.1 Å². The number of nitrogens with zero attached hydrogens (tertiary/aromatic N) is 1. The van der Waals surface area contributed by atoms with E-state index < -0.39 is 37.4 Å². The van der Waals surface area contributed by atoms with Gasteiger partial charge in [0.25, 0.3) is 20.2 Å². The van der Waals surface area contributed by atoms with Gasteiger partial charge in [0.2, 0.25) is 5.69 Å². The lowest BCUT2D eigenvalue weighted by Crippen LogP contribution is -2.32. The molecule has 0 saturated carbocycles. The Hall–Kier alpha value is -3.58. The number of ether oxygens (including phenoxy) is 1. The third kappa shape index (κ3) is 8.41. The number of rotatable bonds is 13. The molecule has 0 amide bonds. The maximum absolute atomic E-state index is 12.1. The molecular weight excluding hydrogens is 631 g/mol. The third-order valence-corrected chi connectivity index (χ3v) is 10.0. The molecule has 12 heteroatoms. The highest BCUT2D eigenvalue weighted by molar-refractivity contribution is 7.86. The number of carboxylic acids is 1. The quantitative estimate of drug-likeness (QED) is 0.122. The van der Waals surface area contributed by atoms with Gasteiger partial charge in [-0.1, -0.05) is 45.0 Å². The number of aliphatic carboxylic acids is 1. The first-order valence-corrected chi connectivity index (χ1v) is 18.3. The molecular formula is C34H42NO9S2+. The first kappa shape index (κ1) is 35.3. The number of benzene rings is 2. The molecule has 0 radical (unpaired) electrons. The molecule has 2 aromatic rings. The van der Waals surface area contributed by atoms with Crippen LogP contribution in [0.3, 0.4) is 0 Å². The van der Waals surface area contributed by atoms with Gasteiger partial charge < -0.3 is 9.84 Å². The molecule has 2 aliphatic rings. The minimum atomic E-state index is -4.53. The van der Waals surface area contributed by atoms with Crippen LogP contribution in [0, 0.1) is 5.41 Å². The zero-order valence-electron chi connectivity index (χ0n) is 26.6. The smallest absolute Gasteiger partial charge is 0.303 e. The van der Waals surface area contributed by atoms with E-state index in [4.69, 9.17) is 9.84 Å². The van der Waals surface area contributed by atoms with Crippen LogP contribution in [0.15, 0.2) is 77.4 Å². The Morgan fingerprint density at radius 3 is 2.37 bits per heavy atom. The van der Waals surface area contributed by atoms with Crippen LogP contribution in [0.25, 0.3) is 5.57 Å². The zero-order chi connectivity index (χ0) is 33.9. The van der Waals surface area contributed by atoms with Crippen LogP contribution in [0.1, 0.15) is 77.3 Å². The van der Waals surface area contributed by atoms with Gasteiger partial charge >= 0.3 is 5.97 Å². The molecule has 2 aromatic carbocycles. The molecule has 0 saturated heterocycles. The van der Waals surface area contributed by atoms with E-state index in [0.29, 0.717) is 42.8 Å². The second-order valence-corrected chi connectivity index (χ2v) is 15.9. The van der Waals surface area contributed by atoms with Crippen LogP contribution in [-0.4, -0.2) is 59.6 Å². The van der Waals surface area contributed by atoms with Gasteiger partial charge in [0, 0.05) is 36.1 Å². The number of fused-ring (bicyclic) bond motifs is 2. The zero-order valence-corrected chi connectivity index (χ0v) is 28.2. The van der Waals surface area contributed by atoms with Crippen molar-refractivity contribution < 1.29 is 45.2 Å². The van der Waals surface area contributed by atoms with E-state index in [0.717, 1.165) is 22.6 Å². The summed E-state index contributed by atoms with van der Waals surface area (Å²) in [6, 6.07) is 12.2. The summed E-state index contributed by atoms with van der Waals surface area (Å²) in [6.45, 7) is 8.76. The van der Waals surface area contributed by atoms with Gasteiger partial charge in [-0.3, -0.25) is 13.9 Å². The molecule has 0 aromatic heterocycles. The van der Waals surface area contributed by atoms with Crippen molar-refractivity contribution in [2.24, 2.45) is 5.41 Å². The topological polar surface area (TPSA) is 158 Å². The number of hydrogen-bond donors (Lipinski definition) is 3. The van der Waals surface area contributed by atoms with Crippen LogP contribution in [0.4, 0.5) is 5.69 Å². The number of hydrogen-bond acceptors (Lipinski definition) is 6. The largest absolute Gasteiger partial charge is 0.481 e. The number of carbonyl (C=O) groups is 1. The lowest BCUT2D eigenvalue weighted by atomic mass is 9.75. The third-order valence-electron chi connectivity index (χ3n) is 8.37. The van der Waals surface area contributed by atoms with Crippen molar-refractivity contribution in [3.63, 3.8) is 0 Å². The molecule has 2 heterocycles. The van der Waals surface area contributed by atoms with Crippen LogP contribution in [-0.2, 0) is 30.4 Å². The molecule has 2 aliphatic heterocycles. The monoisotopic (exact) mass is 672 g/mol. The van der Waals surface area contributed by atoms with E-state index in [-0.39, 0.29) is 29.6 Å². The normalized spacial score (nSPS) is 19.3. The number of unbranched alkanes of at least 4 members (excludes halogenated alkanes) is 2. The molecule has 1 unspecified atom stereocenters. The van der Waals surface area contributed by atoms with Crippen LogP contribution >= 0.6 is 0 Å². The lowest BCUT2D eigenvalue weighted by molar-refractivity contribution is -0.438. The Kier molecular flexibility index (Phi) is 10.5. The first-order valence-electron chi connectivity index (χ1n) is 15.2. The van der Waals surface area contributed by atoms with Crippen molar-refractivity contribution in [1.82, 2.24) is 0 Å². The van der Waals surface area contributed by atoms with Gasteiger partial charge in [0.15, 0.2) is 5.71 Å². The fourth-order valence-corrected chi connectivity index (χ4v) is 7.13. The minimum absolute atomic E-state index is 0.0545. The van der Waals surface area contributed by atoms with Crippen molar-refractivity contribution >= 4 is 43.2 Å². The molecule has 0 fully saturated rings. The Morgan fingerprint density at radius 2 is 1.72 bits per heavy atom. The van der Waals surface area contributed by atoms with E-state index in [2.05, 4.69) is 20.8 Å². The number of carboxylic acid groups (broad SMARTS) is 1. The van der Waals surface area contributed by atoms with Crippen LogP contribution in [0.5, 0.6) is 5.75 Å². The molecule has 0 aliphatic carbocycles. The summed E-state index contributed by atoms with van der Waals surface area (Å²) in [4.78, 5) is 10.7. The van der Waals surface area contributed by atoms with E-state index in [1.54, 1.807) is 6.07 Å². The molecule has 10 nitrogen and oxygen atoms in total. The highest BCUT2D eigenvalue weighted by Crippen LogP contribution is 2.45. The van der Waals surface area contributed by atoms with E-state index in [1.165, 1.54) is 12.1 Å². The standard InChI is InChI=1S/C34H41NO9S2/c1-33(2,3)27-22-24(44-30-14-8-7-13-26(27)30)12-10-15-31-34(4,19-11-21-45(38,39)40)28-23-25(46(41,42)43)17-18-29(28)35(31)20-9-5-6-16-32(36)37/h7-8,10,12-15,17-18,22-23H,5-6,9,11,16,19-21H2,1-4H3,(H2-,36,37,38,39,40,41,42,43)/p+1/b15-10+,24-12+. The van der Waals surface area contributed by atoms with Crippen molar-refractivity contribution in [2.45, 2.75) is 76.5 Å². The molecule has 46 heavy (non-hydrogen) atoms. The second-order valence-electron chi connectivity index (χ2n) is 13.0. The molecule has 0 spiro atoms. The highest BCUT2D eigenvalue weighted by atomic mass is 32.2. The van der Waals surface area contributed by atoms with Gasteiger partial charge in [-0.15, -0.1) is 0 Å². The Morgan fingerprint density at radius 1 is 1.00 bits per heavy atom. The average molecular weight is 673 g/mol. The Labute approximate surface area is 271 Å². The molecule has 0 bridgehead atoms. The van der Waals surface area contributed by atoms with Crippen molar-refractivity contribution in [3.05, 3.63) is 83.7 Å². The lowest BCUT2D eigenvalue weighted by Gasteiger charge is -2.29. The summed E-state index contributed by atoms with van der Waals surface area (Å²) in [5.74, 6) is 0.0269. The fourth-order valence-electron chi connectivity index (χ4n) is 6.12. The molecule has 1 atom stereocenters. The summed E-state index contributed by atoms with van der Waals surface area (Å²) < 4.78 is 75.0. The predicted molar refractivity (Wildman–Crippen MR) is 177 cm³/mol. The summed E-state index contributed by atoms with van der Waals surface area (Å²) >= 11 is 0. The molecule has 3 N–H and O–H groups in total. The van der Waals surface area contributed by atoms with Crippen molar-refractivity contribution in [2.75, 3.05) is 12.3 Å². The van der Waals surface area contributed by atoms with Crippen LogP contribution < -0.4 is 4.74 Å². The SMILES string of the molecule is CC(C)(C)C1=C/C(=C\C=C\C2=[N+](CCCCCC(=O)O)c3ccc(S(=O)(=O)O)cc3C2(C)CCCS(=O)(=O)O)Oc2ccccc21. The van der Waals surface area contributed by atoms with Gasteiger partial charge in [0.1, 0.15) is 18.1 Å². The second kappa shape index (κ2) is 13.6. The Balaban J connectivity index is 1.79. The van der Waals surface area contributed by atoms with Gasteiger partial charge in [0.05, 0.1) is 16.1 Å². The fraction of sp³-hybridized carbons (Fsp3) is 0.412. The minimum Gasteiger partial charge on any atom is -0.481 e. The maximum Gasteiger partial charge on any atom is 0.303 e. The number of para-hydroxylation sites is 1. The van der Waals surface area contributed by atoms with Crippen LogP contribution in [0.2, 0.25) is 0 Å². The van der Waals surface area contributed by atoms with Crippen molar-refractivity contribution in [3.8, 4) is 5.75 Å². The summed E-state index contributed by atoms with van der Waals surface area (Å²) in [7, 11) is -8.77. The number of allylic oxidation sites excluding steroid dienone is 5. The van der Waals surface area contributed by atoms with E-state index >= 15 is 0 Å². The van der Waals surface area contributed by atoms with Gasteiger partial charge in [-0.05, 0) is 73.9 Å². The first-order chi connectivity index (χ1) is 21.4. The molecule has 248 valence electrons.